The lowest BCUT2D eigenvalue weighted by Crippen LogP contribution is -2.02. The van der Waals surface area contributed by atoms with Crippen LogP contribution in [0, 0.1) is 23.7 Å². The maximum atomic E-state index is 8.84. The lowest BCUT2D eigenvalue weighted by atomic mass is 10.2. The predicted octanol–water partition coefficient (Wildman–Crippen LogP) is 2.65. The molecule has 0 aliphatic carbocycles. The van der Waals surface area contributed by atoms with Gasteiger partial charge in [-0.15, -0.1) is 12.3 Å². The van der Waals surface area contributed by atoms with E-state index in [1.807, 2.05) is 6.07 Å². The third-order valence-electron chi connectivity index (χ3n) is 1.71. The van der Waals surface area contributed by atoms with Gasteiger partial charge in [0.05, 0.1) is 16.3 Å². The van der Waals surface area contributed by atoms with Crippen LogP contribution < -0.4 is 5.32 Å². The molecule has 0 heterocycles. The summed E-state index contributed by atoms with van der Waals surface area (Å²) in [6.45, 7) is 0.644. The number of benzene rings is 1. The van der Waals surface area contributed by atoms with Crippen LogP contribution >= 0.6 is 11.6 Å². The van der Waals surface area contributed by atoms with Crippen molar-refractivity contribution in [2.75, 3.05) is 11.9 Å². The molecule has 1 N–H and O–H groups in total. The third-order valence-corrected chi connectivity index (χ3v) is 2.03. The number of hydrogen-bond acceptors (Lipinski definition) is 2. The molecule has 0 aliphatic heterocycles. The van der Waals surface area contributed by atoms with Gasteiger partial charge >= 0.3 is 0 Å². The van der Waals surface area contributed by atoms with E-state index >= 15 is 0 Å². The second-order valence-corrected chi connectivity index (χ2v) is 3.06. The molecule has 1 aromatic carbocycles. The van der Waals surface area contributed by atoms with Crippen LogP contribution in [0.4, 0.5) is 5.69 Å². The fraction of sp³-hybridized carbons (Fsp3) is 0.182. The normalized spacial score (nSPS) is 8.79. The van der Waals surface area contributed by atoms with Gasteiger partial charge in [0.15, 0.2) is 0 Å². The molecule has 2 nitrogen and oxygen atoms in total. The molecule has 0 fully saturated rings. The maximum absolute atomic E-state index is 8.84. The summed E-state index contributed by atoms with van der Waals surface area (Å²) in [5.74, 6) is 2.51. The summed E-state index contributed by atoms with van der Waals surface area (Å²) in [5, 5.41) is 12.4. The lowest BCUT2D eigenvalue weighted by molar-refractivity contribution is 1.10. The molecular formula is C11H9ClN2. The van der Waals surface area contributed by atoms with Gasteiger partial charge in [0, 0.05) is 13.0 Å². The Labute approximate surface area is 88.5 Å². The van der Waals surface area contributed by atoms with Gasteiger partial charge in [-0.2, -0.15) is 5.26 Å². The highest BCUT2D eigenvalue weighted by atomic mass is 35.5. The molecule has 0 saturated carbocycles. The highest BCUT2D eigenvalue weighted by molar-refractivity contribution is 6.32. The first kappa shape index (κ1) is 10.4. The lowest BCUT2D eigenvalue weighted by Gasteiger charge is -2.06. The zero-order valence-electron chi connectivity index (χ0n) is 7.55. The number of anilines is 1. The standard InChI is InChI=1S/C11H9ClN2/c1-2-3-7-14-11-6-4-5-10(12)9(11)8-13/h1,4-6,14H,3,7H2. The van der Waals surface area contributed by atoms with Crippen LogP contribution in [0.1, 0.15) is 12.0 Å². The van der Waals surface area contributed by atoms with E-state index in [9.17, 15) is 0 Å². The quantitative estimate of drug-likeness (QED) is 0.607. The van der Waals surface area contributed by atoms with Crippen LogP contribution in [-0.2, 0) is 0 Å². The average molecular weight is 205 g/mol. The van der Waals surface area contributed by atoms with E-state index in [0.29, 0.717) is 23.6 Å². The molecule has 70 valence electrons. The summed E-state index contributed by atoms with van der Waals surface area (Å²) in [6, 6.07) is 7.33. The van der Waals surface area contributed by atoms with E-state index in [1.54, 1.807) is 18.2 Å². The van der Waals surface area contributed by atoms with Gasteiger partial charge in [-0.1, -0.05) is 17.7 Å². The Balaban J connectivity index is 2.83. The van der Waals surface area contributed by atoms with E-state index < -0.39 is 0 Å². The number of nitrogens with one attached hydrogen (secondary N) is 1. The molecule has 1 aromatic rings. The number of terminal acetylenes is 1. The predicted molar refractivity (Wildman–Crippen MR) is 58.1 cm³/mol. The summed E-state index contributed by atoms with van der Waals surface area (Å²) >= 11 is 5.84. The number of rotatable bonds is 3. The molecule has 0 aromatic heterocycles. The van der Waals surface area contributed by atoms with Crippen molar-refractivity contribution in [2.45, 2.75) is 6.42 Å². The van der Waals surface area contributed by atoms with Gasteiger partial charge in [-0.3, -0.25) is 0 Å². The summed E-state index contributed by atoms with van der Waals surface area (Å²) in [5.41, 5.74) is 1.20. The summed E-state index contributed by atoms with van der Waals surface area (Å²) in [7, 11) is 0. The molecule has 0 spiro atoms. The first-order valence-corrected chi connectivity index (χ1v) is 4.53. The van der Waals surface area contributed by atoms with Crippen LogP contribution in [-0.4, -0.2) is 6.54 Å². The Hall–Kier alpha value is -1.64. The Morgan fingerprint density at radius 3 is 2.93 bits per heavy atom. The number of nitriles is 1. The molecule has 0 atom stereocenters. The molecule has 0 unspecified atom stereocenters. The topological polar surface area (TPSA) is 35.8 Å². The number of nitrogens with zero attached hydrogens (tertiary/aromatic N) is 1. The SMILES string of the molecule is C#CCCNc1cccc(Cl)c1C#N. The molecule has 0 amide bonds. The average Bonchev–Trinajstić information content (AvgIpc) is 2.18. The van der Waals surface area contributed by atoms with Gasteiger partial charge in [-0.05, 0) is 12.1 Å². The zero-order chi connectivity index (χ0) is 10.4. The van der Waals surface area contributed by atoms with Crippen molar-refractivity contribution in [3.8, 4) is 18.4 Å². The summed E-state index contributed by atoms with van der Waals surface area (Å²) in [4.78, 5) is 0. The van der Waals surface area contributed by atoms with Crippen molar-refractivity contribution in [1.29, 1.82) is 5.26 Å². The van der Waals surface area contributed by atoms with Crippen LogP contribution in [0.2, 0.25) is 5.02 Å². The molecule has 0 radical (unpaired) electrons. The van der Waals surface area contributed by atoms with Crippen LogP contribution in [0.3, 0.4) is 0 Å². The van der Waals surface area contributed by atoms with Crippen LogP contribution in [0.5, 0.6) is 0 Å². The van der Waals surface area contributed by atoms with E-state index in [4.69, 9.17) is 23.3 Å². The van der Waals surface area contributed by atoms with Crippen molar-refractivity contribution in [2.24, 2.45) is 0 Å². The molecule has 14 heavy (non-hydrogen) atoms. The highest BCUT2D eigenvalue weighted by Crippen LogP contribution is 2.22. The Kier molecular flexibility index (Phi) is 3.85. The first-order valence-electron chi connectivity index (χ1n) is 4.15. The second kappa shape index (κ2) is 5.17. The fourth-order valence-electron chi connectivity index (χ4n) is 1.05. The van der Waals surface area contributed by atoms with E-state index in [-0.39, 0.29) is 0 Å². The first-order chi connectivity index (χ1) is 6.79. The number of hydrogen-bond donors (Lipinski definition) is 1. The molecule has 0 aliphatic rings. The van der Waals surface area contributed by atoms with E-state index in [0.717, 1.165) is 5.69 Å². The minimum atomic E-state index is 0.457. The van der Waals surface area contributed by atoms with Crippen molar-refractivity contribution in [3.63, 3.8) is 0 Å². The van der Waals surface area contributed by atoms with E-state index in [2.05, 4.69) is 11.2 Å². The minimum Gasteiger partial charge on any atom is -0.383 e. The van der Waals surface area contributed by atoms with Crippen molar-refractivity contribution in [3.05, 3.63) is 28.8 Å². The minimum absolute atomic E-state index is 0.457. The Morgan fingerprint density at radius 1 is 1.50 bits per heavy atom. The fourth-order valence-corrected chi connectivity index (χ4v) is 1.27. The summed E-state index contributed by atoms with van der Waals surface area (Å²) in [6.07, 6.45) is 5.73. The van der Waals surface area contributed by atoms with Gasteiger partial charge in [0.25, 0.3) is 0 Å². The van der Waals surface area contributed by atoms with Crippen LogP contribution in [0.15, 0.2) is 18.2 Å². The Morgan fingerprint density at radius 2 is 2.29 bits per heavy atom. The van der Waals surface area contributed by atoms with Gasteiger partial charge in [0.2, 0.25) is 0 Å². The van der Waals surface area contributed by atoms with Gasteiger partial charge in [0.1, 0.15) is 6.07 Å². The summed E-state index contributed by atoms with van der Waals surface area (Å²) < 4.78 is 0. The van der Waals surface area contributed by atoms with Gasteiger partial charge in [-0.25, -0.2) is 0 Å². The molecular weight excluding hydrogens is 196 g/mol. The van der Waals surface area contributed by atoms with Crippen molar-refractivity contribution < 1.29 is 0 Å². The van der Waals surface area contributed by atoms with Crippen molar-refractivity contribution in [1.82, 2.24) is 0 Å². The molecule has 0 saturated heterocycles. The molecule has 3 heteroatoms. The second-order valence-electron chi connectivity index (χ2n) is 2.66. The highest BCUT2D eigenvalue weighted by Gasteiger charge is 2.04. The monoisotopic (exact) mass is 204 g/mol. The maximum Gasteiger partial charge on any atom is 0.103 e. The zero-order valence-corrected chi connectivity index (χ0v) is 8.30. The number of halogens is 1. The largest absolute Gasteiger partial charge is 0.383 e. The molecule has 1 rings (SSSR count). The van der Waals surface area contributed by atoms with E-state index in [1.165, 1.54) is 0 Å². The van der Waals surface area contributed by atoms with Gasteiger partial charge < -0.3 is 5.32 Å². The molecule has 0 bridgehead atoms. The van der Waals surface area contributed by atoms with Crippen LogP contribution in [0.25, 0.3) is 0 Å². The Bertz CT molecular complexity index is 399. The smallest absolute Gasteiger partial charge is 0.103 e. The van der Waals surface area contributed by atoms with Crippen molar-refractivity contribution >= 4 is 17.3 Å². The third kappa shape index (κ3) is 2.42.